The van der Waals surface area contributed by atoms with Gasteiger partial charge in [0.15, 0.2) is 0 Å². The van der Waals surface area contributed by atoms with Crippen LogP contribution in [-0.2, 0) is 6.42 Å². The van der Waals surface area contributed by atoms with Gasteiger partial charge in [0, 0.05) is 12.1 Å². The molecule has 2 aliphatic carbocycles. The summed E-state index contributed by atoms with van der Waals surface area (Å²) in [5, 5.41) is 3.79. The van der Waals surface area contributed by atoms with E-state index in [1.807, 2.05) is 6.07 Å². The summed E-state index contributed by atoms with van der Waals surface area (Å²) >= 11 is 0. The van der Waals surface area contributed by atoms with Gasteiger partial charge in [-0.3, -0.25) is 0 Å². The first-order chi connectivity index (χ1) is 9.15. The average Bonchev–Trinajstić information content (AvgIpc) is 2.79. The third-order valence-corrected chi connectivity index (χ3v) is 5.25. The molecular formula is C17H24FN. The minimum Gasteiger partial charge on any atom is -0.307 e. The van der Waals surface area contributed by atoms with Gasteiger partial charge < -0.3 is 5.32 Å². The predicted molar refractivity (Wildman–Crippen MR) is 76.6 cm³/mol. The Hall–Kier alpha value is -0.890. The van der Waals surface area contributed by atoms with Gasteiger partial charge in [0.1, 0.15) is 5.82 Å². The van der Waals surface area contributed by atoms with Crippen LogP contribution in [0.2, 0.25) is 0 Å². The maximum absolute atomic E-state index is 13.7. The van der Waals surface area contributed by atoms with E-state index in [9.17, 15) is 4.39 Å². The Morgan fingerprint density at radius 1 is 1.11 bits per heavy atom. The van der Waals surface area contributed by atoms with Gasteiger partial charge in [-0.05, 0) is 61.1 Å². The molecule has 4 unspecified atom stereocenters. The first kappa shape index (κ1) is 13.1. The third kappa shape index (κ3) is 2.55. The number of hydrogen-bond donors (Lipinski definition) is 1. The number of halogens is 1. The van der Waals surface area contributed by atoms with Crippen LogP contribution in [0.3, 0.4) is 0 Å². The van der Waals surface area contributed by atoms with Crippen molar-refractivity contribution in [1.29, 1.82) is 0 Å². The fourth-order valence-corrected chi connectivity index (χ4v) is 3.77. The van der Waals surface area contributed by atoms with E-state index in [4.69, 9.17) is 0 Å². The minimum atomic E-state index is -0.0209. The van der Waals surface area contributed by atoms with Crippen LogP contribution in [0, 0.1) is 17.7 Å². The van der Waals surface area contributed by atoms with Crippen molar-refractivity contribution >= 4 is 0 Å². The van der Waals surface area contributed by atoms with Gasteiger partial charge in [0.05, 0.1) is 0 Å². The maximum Gasteiger partial charge on any atom is 0.126 e. The molecule has 0 heterocycles. The molecule has 0 spiro atoms. The van der Waals surface area contributed by atoms with Crippen molar-refractivity contribution in [2.45, 2.75) is 58.0 Å². The van der Waals surface area contributed by atoms with E-state index in [1.54, 1.807) is 6.07 Å². The maximum atomic E-state index is 13.7. The first-order valence-electron chi connectivity index (χ1n) is 7.68. The normalized spacial score (nSPS) is 34.3. The largest absolute Gasteiger partial charge is 0.307 e. The van der Waals surface area contributed by atoms with Crippen molar-refractivity contribution in [3.8, 4) is 0 Å². The highest BCUT2D eigenvalue weighted by atomic mass is 19.1. The van der Waals surface area contributed by atoms with Gasteiger partial charge in [-0.15, -0.1) is 0 Å². The number of fused-ring (bicyclic) bond motifs is 1. The molecule has 0 aromatic heterocycles. The zero-order valence-corrected chi connectivity index (χ0v) is 12.0. The van der Waals surface area contributed by atoms with E-state index in [0.29, 0.717) is 12.1 Å². The zero-order valence-electron chi connectivity index (χ0n) is 12.0. The summed E-state index contributed by atoms with van der Waals surface area (Å²) in [6, 6.07) is 6.52. The van der Waals surface area contributed by atoms with Crippen molar-refractivity contribution < 1.29 is 4.39 Å². The van der Waals surface area contributed by atoms with Gasteiger partial charge in [0.2, 0.25) is 0 Å². The summed E-state index contributed by atoms with van der Waals surface area (Å²) in [5.41, 5.74) is 2.14. The summed E-state index contributed by atoms with van der Waals surface area (Å²) in [6.07, 6.45) is 5.80. The van der Waals surface area contributed by atoms with Crippen LogP contribution in [0.15, 0.2) is 18.2 Å². The molecule has 2 heteroatoms. The van der Waals surface area contributed by atoms with Crippen LogP contribution in [0.4, 0.5) is 4.39 Å². The van der Waals surface area contributed by atoms with Gasteiger partial charge in [0.25, 0.3) is 0 Å². The second-order valence-electron chi connectivity index (χ2n) is 6.53. The van der Waals surface area contributed by atoms with E-state index < -0.39 is 0 Å². The number of benzene rings is 1. The summed E-state index contributed by atoms with van der Waals surface area (Å²) in [7, 11) is 0. The van der Waals surface area contributed by atoms with Crippen molar-refractivity contribution in [1.82, 2.24) is 5.32 Å². The predicted octanol–water partition coefficient (Wildman–Crippen LogP) is 4.23. The highest BCUT2D eigenvalue weighted by Gasteiger charge is 2.30. The van der Waals surface area contributed by atoms with Gasteiger partial charge in [-0.2, -0.15) is 0 Å². The molecule has 1 aromatic carbocycles. The molecule has 0 aliphatic heterocycles. The smallest absolute Gasteiger partial charge is 0.126 e. The van der Waals surface area contributed by atoms with E-state index in [2.05, 4.69) is 25.2 Å². The van der Waals surface area contributed by atoms with Crippen molar-refractivity contribution in [3.05, 3.63) is 35.1 Å². The standard InChI is InChI=1S/C17H24FN/c1-11-6-7-13(10-12(11)2)19-17-9-8-14-15(17)4-3-5-16(14)18/h3-5,11-13,17,19H,6-10H2,1-2H3. The molecule has 2 aliphatic rings. The Balaban J connectivity index is 1.68. The van der Waals surface area contributed by atoms with Crippen molar-refractivity contribution in [2.24, 2.45) is 11.8 Å². The summed E-state index contributed by atoms with van der Waals surface area (Å²) in [5.74, 6) is 1.64. The van der Waals surface area contributed by atoms with Crippen molar-refractivity contribution in [3.63, 3.8) is 0 Å². The molecule has 0 saturated heterocycles. The molecule has 3 rings (SSSR count). The Kier molecular flexibility index (Phi) is 3.62. The summed E-state index contributed by atoms with van der Waals surface area (Å²) < 4.78 is 13.7. The lowest BCUT2D eigenvalue weighted by Crippen LogP contribution is -2.37. The minimum absolute atomic E-state index is 0.0209. The molecule has 104 valence electrons. The number of nitrogens with one attached hydrogen (secondary N) is 1. The Labute approximate surface area is 115 Å². The van der Waals surface area contributed by atoms with E-state index in [1.165, 1.54) is 24.8 Å². The molecule has 19 heavy (non-hydrogen) atoms. The second kappa shape index (κ2) is 5.24. The average molecular weight is 261 g/mol. The van der Waals surface area contributed by atoms with Crippen LogP contribution < -0.4 is 5.32 Å². The van der Waals surface area contributed by atoms with Crippen molar-refractivity contribution in [2.75, 3.05) is 0 Å². The lowest BCUT2D eigenvalue weighted by molar-refractivity contribution is 0.215. The third-order valence-electron chi connectivity index (χ3n) is 5.25. The molecule has 4 atom stereocenters. The lowest BCUT2D eigenvalue weighted by atomic mass is 9.79. The molecule has 0 radical (unpaired) electrons. The molecular weight excluding hydrogens is 237 g/mol. The molecule has 1 fully saturated rings. The lowest BCUT2D eigenvalue weighted by Gasteiger charge is -2.34. The van der Waals surface area contributed by atoms with Gasteiger partial charge >= 0.3 is 0 Å². The SMILES string of the molecule is CC1CCC(NC2CCc3c(F)cccc32)CC1C. The van der Waals surface area contributed by atoms with E-state index in [0.717, 1.165) is 30.2 Å². The van der Waals surface area contributed by atoms with Crippen LogP contribution >= 0.6 is 0 Å². The van der Waals surface area contributed by atoms with E-state index in [-0.39, 0.29) is 5.82 Å². The second-order valence-corrected chi connectivity index (χ2v) is 6.53. The summed E-state index contributed by atoms with van der Waals surface area (Å²) in [4.78, 5) is 0. The molecule has 1 nitrogen and oxygen atoms in total. The molecule has 1 aromatic rings. The molecule has 0 amide bonds. The topological polar surface area (TPSA) is 12.0 Å². The van der Waals surface area contributed by atoms with Gasteiger partial charge in [-0.25, -0.2) is 4.39 Å². The first-order valence-corrected chi connectivity index (χ1v) is 7.68. The fourth-order valence-electron chi connectivity index (χ4n) is 3.77. The Bertz CT molecular complexity index is 457. The summed E-state index contributed by atoms with van der Waals surface area (Å²) in [6.45, 7) is 4.72. The molecule has 1 saturated carbocycles. The monoisotopic (exact) mass is 261 g/mol. The van der Waals surface area contributed by atoms with Crippen LogP contribution in [0.25, 0.3) is 0 Å². The molecule has 1 N–H and O–H groups in total. The van der Waals surface area contributed by atoms with Crippen LogP contribution in [0.1, 0.15) is 56.7 Å². The number of rotatable bonds is 2. The fraction of sp³-hybridized carbons (Fsp3) is 0.647. The highest BCUT2D eigenvalue weighted by molar-refractivity contribution is 5.35. The van der Waals surface area contributed by atoms with Crippen LogP contribution in [-0.4, -0.2) is 6.04 Å². The number of hydrogen-bond acceptors (Lipinski definition) is 1. The Morgan fingerprint density at radius 2 is 1.95 bits per heavy atom. The zero-order chi connectivity index (χ0) is 13.4. The Morgan fingerprint density at radius 3 is 2.74 bits per heavy atom. The highest BCUT2D eigenvalue weighted by Crippen LogP contribution is 2.36. The van der Waals surface area contributed by atoms with E-state index >= 15 is 0 Å². The molecule has 0 bridgehead atoms. The quantitative estimate of drug-likeness (QED) is 0.840. The van der Waals surface area contributed by atoms with Crippen LogP contribution in [0.5, 0.6) is 0 Å². The van der Waals surface area contributed by atoms with Gasteiger partial charge in [-0.1, -0.05) is 26.0 Å².